The summed E-state index contributed by atoms with van der Waals surface area (Å²) in [6, 6.07) is 0.775. The minimum atomic E-state index is 0.562. The van der Waals surface area contributed by atoms with Gasteiger partial charge in [-0.15, -0.1) is 11.3 Å². The lowest BCUT2D eigenvalue weighted by atomic mass is 10.1. The van der Waals surface area contributed by atoms with E-state index in [1.54, 1.807) is 0 Å². The summed E-state index contributed by atoms with van der Waals surface area (Å²) in [4.78, 5) is 7.26. The zero-order chi connectivity index (χ0) is 13.0. The van der Waals surface area contributed by atoms with Crippen molar-refractivity contribution in [1.29, 1.82) is 0 Å². The van der Waals surface area contributed by atoms with Gasteiger partial charge in [0.25, 0.3) is 0 Å². The zero-order valence-corrected chi connectivity index (χ0v) is 12.8. The van der Waals surface area contributed by atoms with Crippen molar-refractivity contribution in [1.82, 2.24) is 9.88 Å². The van der Waals surface area contributed by atoms with Crippen LogP contribution < -0.4 is 0 Å². The normalized spacial score (nSPS) is 18.5. The van der Waals surface area contributed by atoms with E-state index in [1.807, 2.05) is 11.3 Å². The van der Waals surface area contributed by atoms with Gasteiger partial charge in [0, 0.05) is 23.9 Å². The molecule has 2 rings (SSSR count). The molecule has 1 aromatic heterocycles. The third-order valence-electron chi connectivity index (χ3n) is 3.92. The number of rotatable bonds is 4. The van der Waals surface area contributed by atoms with E-state index >= 15 is 0 Å². The SMILES string of the molecule is CC(C)c1nc(CN(C)C2CCCCCC2)cs1. The van der Waals surface area contributed by atoms with Gasteiger partial charge in [0.15, 0.2) is 0 Å². The first-order valence-electron chi connectivity index (χ1n) is 7.31. The molecule has 1 aliphatic carbocycles. The first kappa shape index (κ1) is 14.0. The number of hydrogen-bond donors (Lipinski definition) is 0. The number of aromatic nitrogens is 1. The Labute approximate surface area is 115 Å². The first-order valence-corrected chi connectivity index (χ1v) is 8.19. The fourth-order valence-electron chi connectivity index (χ4n) is 2.74. The van der Waals surface area contributed by atoms with E-state index in [9.17, 15) is 0 Å². The van der Waals surface area contributed by atoms with Crippen molar-refractivity contribution in [2.24, 2.45) is 0 Å². The van der Waals surface area contributed by atoms with E-state index in [2.05, 4.69) is 31.2 Å². The summed E-state index contributed by atoms with van der Waals surface area (Å²) < 4.78 is 0. The van der Waals surface area contributed by atoms with Gasteiger partial charge in [-0.3, -0.25) is 4.90 Å². The molecule has 0 radical (unpaired) electrons. The Morgan fingerprint density at radius 2 is 1.94 bits per heavy atom. The molecule has 0 aliphatic heterocycles. The third kappa shape index (κ3) is 3.79. The van der Waals surface area contributed by atoms with Gasteiger partial charge in [-0.1, -0.05) is 39.5 Å². The van der Waals surface area contributed by atoms with Crippen LogP contribution in [0.15, 0.2) is 5.38 Å². The Morgan fingerprint density at radius 1 is 1.28 bits per heavy atom. The second kappa shape index (κ2) is 6.67. The molecule has 102 valence electrons. The van der Waals surface area contributed by atoms with Gasteiger partial charge in [-0.05, 0) is 19.9 Å². The molecule has 1 aromatic rings. The van der Waals surface area contributed by atoms with Gasteiger partial charge in [0.05, 0.1) is 10.7 Å². The third-order valence-corrected chi connectivity index (χ3v) is 5.12. The van der Waals surface area contributed by atoms with Crippen molar-refractivity contribution in [2.75, 3.05) is 7.05 Å². The van der Waals surface area contributed by atoms with Crippen LogP contribution in [0.1, 0.15) is 69.0 Å². The van der Waals surface area contributed by atoms with E-state index in [4.69, 9.17) is 4.98 Å². The van der Waals surface area contributed by atoms with Crippen molar-refractivity contribution in [3.63, 3.8) is 0 Å². The van der Waals surface area contributed by atoms with Crippen LogP contribution in [0.2, 0.25) is 0 Å². The van der Waals surface area contributed by atoms with Gasteiger partial charge < -0.3 is 0 Å². The maximum absolute atomic E-state index is 4.74. The van der Waals surface area contributed by atoms with Crippen LogP contribution >= 0.6 is 11.3 Å². The molecule has 0 N–H and O–H groups in total. The van der Waals surface area contributed by atoms with Crippen molar-refractivity contribution in [3.05, 3.63) is 16.1 Å². The van der Waals surface area contributed by atoms with Crippen LogP contribution in [0.3, 0.4) is 0 Å². The molecule has 0 unspecified atom stereocenters. The summed E-state index contributed by atoms with van der Waals surface area (Å²) in [5.41, 5.74) is 1.26. The van der Waals surface area contributed by atoms with Gasteiger partial charge >= 0.3 is 0 Å². The topological polar surface area (TPSA) is 16.1 Å². The van der Waals surface area contributed by atoms with E-state index < -0.39 is 0 Å². The molecule has 1 aliphatic rings. The highest BCUT2D eigenvalue weighted by atomic mass is 32.1. The second-order valence-electron chi connectivity index (χ2n) is 5.89. The van der Waals surface area contributed by atoms with Crippen LogP contribution in [0, 0.1) is 0 Å². The Balaban J connectivity index is 1.90. The molecule has 0 spiro atoms. The van der Waals surface area contributed by atoms with Crippen LogP contribution in [0.5, 0.6) is 0 Å². The molecule has 1 fully saturated rings. The van der Waals surface area contributed by atoms with Crippen LogP contribution in [-0.4, -0.2) is 23.0 Å². The smallest absolute Gasteiger partial charge is 0.0954 e. The predicted octanol–water partition coefficient (Wildman–Crippen LogP) is 4.42. The second-order valence-corrected chi connectivity index (χ2v) is 6.78. The summed E-state index contributed by atoms with van der Waals surface area (Å²) in [6.07, 6.45) is 8.42. The quantitative estimate of drug-likeness (QED) is 0.750. The maximum Gasteiger partial charge on any atom is 0.0954 e. The highest BCUT2D eigenvalue weighted by molar-refractivity contribution is 7.09. The molecule has 18 heavy (non-hydrogen) atoms. The molecule has 1 saturated carbocycles. The molecule has 0 atom stereocenters. The average molecular weight is 266 g/mol. The molecule has 1 heterocycles. The number of nitrogens with zero attached hydrogens (tertiary/aromatic N) is 2. The molecular weight excluding hydrogens is 240 g/mol. The van der Waals surface area contributed by atoms with Crippen molar-refractivity contribution >= 4 is 11.3 Å². The van der Waals surface area contributed by atoms with Crippen molar-refractivity contribution < 1.29 is 0 Å². The van der Waals surface area contributed by atoms with Gasteiger partial charge in [0.2, 0.25) is 0 Å². The molecule has 0 saturated heterocycles. The van der Waals surface area contributed by atoms with Gasteiger partial charge in [-0.2, -0.15) is 0 Å². The van der Waals surface area contributed by atoms with Crippen LogP contribution in [0.25, 0.3) is 0 Å². The van der Waals surface area contributed by atoms with Crippen molar-refractivity contribution in [3.8, 4) is 0 Å². The Hall–Kier alpha value is -0.410. The van der Waals surface area contributed by atoms with E-state index in [0.717, 1.165) is 12.6 Å². The number of thiazole rings is 1. The van der Waals surface area contributed by atoms with Crippen LogP contribution in [-0.2, 0) is 6.54 Å². The standard InChI is InChI=1S/C15H26N2S/c1-12(2)15-16-13(11-18-15)10-17(3)14-8-6-4-5-7-9-14/h11-12,14H,4-10H2,1-3H3. The predicted molar refractivity (Wildman–Crippen MR) is 79.2 cm³/mol. The number of hydrogen-bond acceptors (Lipinski definition) is 3. The Morgan fingerprint density at radius 3 is 2.50 bits per heavy atom. The molecule has 0 bridgehead atoms. The zero-order valence-electron chi connectivity index (χ0n) is 12.0. The van der Waals surface area contributed by atoms with E-state index in [0.29, 0.717) is 5.92 Å². The maximum atomic E-state index is 4.74. The molecule has 2 nitrogen and oxygen atoms in total. The van der Waals surface area contributed by atoms with E-state index in [-0.39, 0.29) is 0 Å². The molecule has 0 amide bonds. The fourth-order valence-corrected chi connectivity index (χ4v) is 3.57. The Bertz CT molecular complexity index is 351. The summed E-state index contributed by atoms with van der Waals surface area (Å²) in [7, 11) is 2.27. The summed E-state index contributed by atoms with van der Waals surface area (Å²) in [6.45, 7) is 5.46. The minimum absolute atomic E-state index is 0.562. The first-order chi connectivity index (χ1) is 8.66. The van der Waals surface area contributed by atoms with Gasteiger partial charge in [-0.25, -0.2) is 4.98 Å². The molecule has 0 aromatic carbocycles. The lowest BCUT2D eigenvalue weighted by Crippen LogP contribution is -2.30. The summed E-state index contributed by atoms with van der Waals surface area (Å²) in [5, 5.41) is 3.52. The highest BCUT2D eigenvalue weighted by Gasteiger charge is 2.18. The lowest BCUT2D eigenvalue weighted by molar-refractivity contribution is 0.211. The summed E-state index contributed by atoms with van der Waals surface area (Å²) >= 11 is 1.81. The van der Waals surface area contributed by atoms with Crippen molar-refractivity contribution in [2.45, 2.75) is 70.9 Å². The van der Waals surface area contributed by atoms with Gasteiger partial charge in [0.1, 0.15) is 0 Å². The minimum Gasteiger partial charge on any atom is -0.298 e. The fraction of sp³-hybridized carbons (Fsp3) is 0.800. The molecular formula is C15H26N2S. The Kier molecular flexibility index (Phi) is 5.19. The average Bonchev–Trinajstić information content (AvgIpc) is 2.64. The molecule has 3 heteroatoms. The largest absolute Gasteiger partial charge is 0.298 e. The van der Waals surface area contributed by atoms with E-state index in [1.165, 1.54) is 49.2 Å². The van der Waals surface area contributed by atoms with Crippen LogP contribution in [0.4, 0.5) is 0 Å². The highest BCUT2D eigenvalue weighted by Crippen LogP contribution is 2.24. The summed E-state index contributed by atoms with van der Waals surface area (Å²) in [5.74, 6) is 0.562. The lowest BCUT2D eigenvalue weighted by Gasteiger charge is -2.26. The monoisotopic (exact) mass is 266 g/mol.